The molecule has 9 rings (SSSR count). The first-order chi connectivity index (χ1) is 24.7. The minimum Gasteiger partial charge on any atom is -0.264 e. The van der Waals surface area contributed by atoms with E-state index in [9.17, 15) is 0 Å². The Labute approximate surface area is 292 Å². The van der Waals surface area contributed by atoms with Gasteiger partial charge in [-0.05, 0) is 69.6 Å². The molecular weight excluding hydrogens is 607 g/mol. The highest BCUT2D eigenvalue weighted by Crippen LogP contribution is 2.56. The van der Waals surface area contributed by atoms with E-state index >= 15 is 0 Å². The van der Waals surface area contributed by atoms with Crippen molar-refractivity contribution in [3.63, 3.8) is 0 Å². The molecule has 0 saturated carbocycles. The topological polar surface area (TPSA) is 38.7 Å². The van der Waals surface area contributed by atoms with E-state index in [1.165, 1.54) is 33.4 Å². The second kappa shape index (κ2) is 12.2. The molecule has 8 aromatic rings. The van der Waals surface area contributed by atoms with Crippen LogP contribution >= 0.6 is 0 Å². The lowest BCUT2D eigenvalue weighted by atomic mass is 9.73. The molecule has 0 bridgehead atoms. The Morgan fingerprint density at radius 1 is 0.420 bits per heavy atom. The van der Waals surface area contributed by atoms with E-state index in [1.807, 2.05) is 42.7 Å². The van der Waals surface area contributed by atoms with Gasteiger partial charge >= 0.3 is 0 Å². The van der Waals surface area contributed by atoms with Crippen molar-refractivity contribution in [3.8, 4) is 67.3 Å². The van der Waals surface area contributed by atoms with Crippen molar-refractivity contribution in [2.24, 2.45) is 0 Å². The highest BCUT2D eigenvalue weighted by molar-refractivity contribution is 6.01. The summed E-state index contributed by atoms with van der Waals surface area (Å²) < 4.78 is 0. The molecule has 0 radical (unpaired) electrons. The summed E-state index contributed by atoms with van der Waals surface area (Å²) in [4.78, 5) is 14.7. The Kier molecular flexibility index (Phi) is 7.25. The summed E-state index contributed by atoms with van der Waals surface area (Å²) >= 11 is 0. The first-order valence-electron chi connectivity index (χ1n) is 17.0. The summed E-state index contributed by atoms with van der Waals surface area (Å²) in [6, 6.07) is 60.0. The van der Waals surface area contributed by atoms with Crippen molar-refractivity contribution < 1.29 is 0 Å². The normalized spacial score (nSPS) is 14.6. The maximum atomic E-state index is 5.13. The van der Waals surface area contributed by atoms with Gasteiger partial charge in [-0.3, -0.25) is 4.98 Å². The summed E-state index contributed by atoms with van der Waals surface area (Å²) in [6.07, 6.45) is 3.84. The van der Waals surface area contributed by atoms with Crippen molar-refractivity contribution in [2.45, 2.75) is 12.3 Å². The Hall–Kier alpha value is -6.45. The number of benzene rings is 6. The molecule has 50 heavy (non-hydrogen) atoms. The van der Waals surface area contributed by atoms with E-state index in [4.69, 9.17) is 9.97 Å². The van der Waals surface area contributed by atoms with Crippen molar-refractivity contribution in [3.05, 3.63) is 199 Å². The van der Waals surface area contributed by atoms with Crippen LogP contribution in [0.3, 0.4) is 0 Å². The van der Waals surface area contributed by atoms with Gasteiger partial charge in [0.2, 0.25) is 0 Å². The van der Waals surface area contributed by atoms with Crippen LogP contribution in [0.25, 0.3) is 67.3 Å². The number of nitrogens with zero attached hydrogens (tertiary/aromatic N) is 3. The summed E-state index contributed by atoms with van der Waals surface area (Å²) in [5, 5.41) is 0. The van der Waals surface area contributed by atoms with E-state index in [1.54, 1.807) is 0 Å². The van der Waals surface area contributed by atoms with Gasteiger partial charge in [0.25, 0.3) is 0 Å². The predicted molar refractivity (Wildman–Crippen MR) is 204 cm³/mol. The lowest BCUT2D eigenvalue weighted by Gasteiger charge is -2.29. The van der Waals surface area contributed by atoms with Gasteiger partial charge in [0, 0.05) is 40.1 Å². The number of pyridine rings is 1. The van der Waals surface area contributed by atoms with Crippen LogP contribution in [0.1, 0.15) is 23.6 Å². The molecule has 0 spiro atoms. The monoisotopic (exact) mass is 639 g/mol. The van der Waals surface area contributed by atoms with Crippen molar-refractivity contribution in [1.82, 2.24) is 15.0 Å². The summed E-state index contributed by atoms with van der Waals surface area (Å²) in [6.45, 7) is 2.37. The Bertz CT molecular complexity index is 2420. The number of aromatic nitrogens is 3. The predicted octanol–water partition coefficient (Wildman–Crippen LogP) is 11.5. The highest BCUT2D eigenvalue weighted by atomic mass is 14.9. The molecule has 0 amide bonds. The SMILES string of the molecule is CC1(c2ccccc2)c2ccccc2-c2c1ccc(-c1cccc(-c3cc(-c4ccccc4)nc(-c4ccccc4)n3)c1)c2-c1cccnc1. The van der Waals surface area contributed by atoms with Crippen LogP contribution in [0, 0.1) is 0 Å². The van der Waals surface area contributed by atoms with Crippen LogP contribution in [-0.2, 0) is 5.41 Å². The van der Waals surface area contributed by atoms with E-state index < -0.39 is 0 Å². The molecule has 1 aliphatic rings. The fourth-order valence-electron chi connectivity index (χ4n) is 7.63. The second-order valence-electron chi connectivity index (χ2n) is 13.0. The first kappa shape index (κ1) is 29.7. The molecule has 1 unspecified atom stereocenters. The van der Waals surface area contributed by atoms with E-state index in [-0.39, 0.29) is 5.41 Å². The van der Waals surface area contributed by atoms with Crippen LogP contribution in [-0.4, -0.2) is 15.0 Å². The second-order valence-corrected chi connectivity index (χ2v) is 13.0. The maximum absolute atomic E-state index is 5.13. The number of hydrogen-bond donors (Lipinski definition) is 0. The molecule has 3 heteroatoms. The average Bonchev–Trinajstić information content (AvgIpc) is 3.47. The van der Waals surface area contributed by atoms with E-state index in [0.717, 1.165) is 44.8 Å². The third-order valence-electron chi connectivity index (χ3n) is 10.1. The van der Waals surface area contributed by atoms with E-state index in [2.05, 4.69) is 151 Å². The van der Waals surface area contributed by atoms with Gasteiger partial charge < -0.3 is 0 Å². The fourth-order valence-corrected chi connectivity index (χ4v) is 7.63. The van der Waals surface area contributed by atoms with Gasteiger partial charge in [-0.2, -0.15) is 0 Å². The van der Waals surface area contributed by atoms with Crippen LogP contribution in [0.5, 0.6) is 0 Å². The minimum atomic E-state index is -0.298. The van der Waals surface area contributed by atoms with Gasteiger partial charge in [0.1, 0.15) is 0 Å². The van der Waals surface area contributed by atoms with Gasteiger partial charge in [-0.25, -0.2) is 9.97 Å². The number of fused-ring (bicyclic) bond motifs is 3. The molecule has 1 aliphatic carbocycles. The lowest BCUT2D eigenvalue weighted by Crippen LogP contribution is -2.22. The van der Waals surface area contributed by atoms with Crippen LogP contribution in [0.4, 0.5) is 0 Å². The van der Waals surface area contributed by atoms with Crippen LogP contribution < -0.4 is 0 Å². The smallest absolute Gasteiger partial charge is 0.160 e. The summed E-state index contributed by atoms with van der Waals surface area (Å²) in [5.41, 5.74) is 15.6. The van der Waals surface area contributed by atoms with Gasteiger partial charge in [0.05, 0.1) is 11.4 Å². The number of rotatable bonds is 6. The van der Waals surface area contributed by atoms with Crippen molar-refractivity contribution in [2.75, 3.05) is 0 Å². The zero-order valence-electron chi connectivity index (χ0n) is 27.7. The molecule has 1 atom stereocenters. The molecule has 2 aromatic heterocycles. The molecule has 3 nitrogen and oxygen atoms in total. The van der Waals surface area contributed by atoms with Crippen molar-refractivity contribution in [1.29, 1.82) is 0 Å². The third-order valence-corrected chi connectivity index (χ3v) is 10.1. The van der Waals surface area contributed by atoms with Crippen molar-refractivity contribution >= 4 is 0 Å². The Morgan fingerprint density at radius 3 is 1.78 bits per heavy atom. The first-order valence-corrected chi connectivity index (χ1v) is 17.0. The standard InChI is InChI=1S/C47H33N3/c1-47(37-22-9-4-10-23-37)40-25-12-11-24-39(40)45-41(47)27-26-38(44(45)36-21-14-28-48-31-36)34-19-13-20-35(29-34)43-30-42(32-15-5-2-6-16-32)49-46(50-43)33-17-7-3-8-18-33/h2-31H,1H3. The van der Waals surface area contributed by atoms with Crippen LogP contribution in [0.2, 0.25) is 0 Å². The largest absolute Gasteiger partial charge is 0.264 e. The lowest BCUT2D eigenvalue weighted by molar-refractivity contribution is 0.714. The summed E-state index contributed by atoms with van der Waals surface area (Å²) in [7, 11) is 0. The van der Waals surface area contributed by atoms with Gasteiger partial charge in [0.15, 0.2) is 5.82 Å². The van der Waals surface area contributed by atoms with Gasteiger partial charge in [-0.1, -0.05) is 152 Å². The highest BCUT2D eigenvalue weighted by Gasteiger charge is 2.42. The minimum absolute atomic E-state index is 0.298. The fraction of sp³-hybridized carbons (Fsp3) is 0.0426. The zero-order chi connectivity index (χ0) is 33.5. The molecule has 236 valence electrons. The maximum Gasteiger partial charge on any atom is 0.160 e. The number of hydrogen-bond acceptors (Lipinski definition) is 3. The molecule has 0 N–H and O–H groups in total. The molecule has 0 aliphatic heterocycles. The molecule has 0 fully saturated rings. The Morgan fingerprint density at radius 2 is 1.04 bits per heavy atom. The quantitative estimate of drug-likeness (QED) is 0.182. The van der Waals surface area contributed by atoms with Crippen LogP contribution in [0.15, 0.2) is 182 Å². The summed E-state index contributed by atoms with van der Waals surface area (Å²) in [5.74, 6) is 0.706. The average molecular weight is 640 g/mol. The Balaban J connectivity index is 1.26. The van der Waals surface area contributed by atoms with E-state index in [0.29, 0.717) is 5.82 Å². The molecule has 0 saturated heterocycles. The zero-order valence-corrected chi connectivity index (χ0v) is 27.7. The molecular formula is C47H33N3. The van der Waals surface area contributed by atoms with Gasteiger partial charge in [-0.15, -0.1) is 0 Å². The third kappa shape index (κ3) is 4.94. The molecule has 2 heterocycles. The molecule has 6 aromatic carbocycles.